The Morgan fingerprint density at radius 1 is 1.18 bits per heavy atom. The normalized spacial score (nSPS) is 18.7. The van der Waals surface area contributed by atoms with Crippen LogP contribution in [0.3, 0.4) is 0 Å². The van der Waals surface area contributed by atoms with E-state index in [1.807, 2.05) is 0 Å². The molecular weight excluding hydrogens is 468 g/mol. The Kier molecular flexibility index (Phi) is 7.75. The zero-order valence-corrected chi connectivity index (χ0v) is 21.0. The molecule has 0 radical (unpaired) electrons. The van der Waals surface area contributed by atoms with E-state index < -0.39 is 39.1 Å². The van der Waals surface area contributed by atoms with Crippen molar-refractivity contribution >= 4 is 33.7 Å². The third-order valence-corrected chi connectivity index (χ3v) is 6.61. The maximum atomic E-state index is 13.2. The lowest BCUT2D eigenvalue weighted by atomic mass is 9.90. The summed E-state index contributed by atoms with van der Waals surface area (Å²) in [7, 11) is -0.963. The number of nitrogens with zero attached hydrogens (tertiary/aromatic N) is 4. The Hall–Kier alpha value is -3.03. The fourth-order valence-corrected chi connectivity index (χ4v) is 3.84. The van der Waals surface area contributed by atoms with Gasteiger partial charge in [-0.1, -0.05) is 19.1 Å². The van der Waals surface area contributed by atoms with Crippen molar-refractivity contribution in [2.45, 2.75) is 63.5 Å². The smallest absolute Gasteiger partial charge is 0.435 e. The zero-order valence-electron chi connectivity index (χ0n) is 20.2. The predicted octanol–water partition coefficient (Wildman–Crippen LogP) is 2.13. The highest BCUT2D eigenvalue weighted by atomic mass is 32.2. The molecule has 1 aliphatic heterocycles. The van der Waals surface area contributed by atoms with Gasteiger partial charge in [0.05, 0.1) is 4.90 Å². The number of amides is 2. The minimum absolute atomic E-state index is 0.0113. The maximum absolute atomic E-state index is 13.2. The van der Waals surface area contributed by atoms with Crippen LogP contribution in [0.5, 0.6) is 0 Å². The second-order valence-electron chi connectivity index (χ2n) is 8.92. The first kappa shape index (κ1) is 27.2. The zero-order chi connectivity index (χ0) is 26.1. The molecule has 0 bridgehead atoms. The molecule has 0 spiro atoms. The van der Waals surface area contributed by atoms with Crippen LogP contribution < -0.4 is 0 Å². The lowest BCUT2D eigenvalue weighted by molar-refractivity contribution is -0.206. The van der Waals surface area contributed by atoms with E-state index in [0.29, 0.717) is 11.6 Å². The van der Waals surface area contributed by atoms with Crippen molar-refractivity contribution in [3.05, 3.63) is 29.8 Å². The van der Waals surface area contributed by atoms with Gasteiger partial charge in [-0.15, -0.1) is 5.10 Å². The van der Waals surface area contributed by atoms with E-state index in [4.69, 9.17) is 9.57 Å². The molecule has 2 amide bonds. The van der Waals surface area contributed by atoms with E-state index in [2.05, 4.69) is 5.10 Å². The number of hydroxylamine groups is 3. The van der Waals surface area contributed by atoms with Crippen molar-refractivity contribution < 1.29 is 37.6 Å². The predicted molar refractivity (Wildman–Crippen MR) is 120 cm³/mol. The lowest BCUT2D eigenvalue weighted by Gasteiger charge is -2.33. The molecule has 13 heteroatoms. The topological polar surface area (TPSA) is 146 Å². The molecule has 0 aliphatic carbocycles. The van der Waals surface area contributed by atoms with Crippen LogP contribution in [0.2, 0.25) is 0 Å². The van der Waals surface area contributed by atoms with E-state index in [0.717, 1.165) is 4.31 Å². The second-order valence-corrected chi connectivity index (χ2v) is 11.1. The van der Waals surface area contributed by atoms with Crippen LogP contribution >= 0.6 is 0 Å². The number of rotatable bonds is 7. The van der Waals surface area contributed by atoms with E-state index in [-0.39, 0.29) is 27.7 Å². The van der Waals surface area contributed by atoms with Crippen LogP contribution in [0.25, 0.3) is 0 Å². The van der Waals surface area contributed by atoms with Gasteiger partial charge in [-0.25, -0.2) is 22.3 Å². The van der Waals surface area contributed by atoms with E-state index in [9.17, 15) is 28.0 Å². The van der Waals surface area contributed by atoms with E-state index >= 15 is 0 Å². The van der Waals surface area contributed by atoms with Gasteiger partial charge in [-0.3, -0.25) is 10.0 Å². The molecule has 0 fully saturated rings. The fraction of sp³-hybridized carbons (Fsp3) is 0.524. The number of benzene rings is 1. The number of carbonyl (C=O) groups excluding carboxylic acids is 3. The largest absolute Gasteiger partial charge is 0.442 e. The molecule has 1 unspecified atom stereocenters. The number of ether oxygens (including phenoxy) is 1. The number of sulfonamides is 1. The number of hydrogen-bond donors (Lipinski definition) is 1. The highest BCUT2D eigenvalue weighted by Gasteiger charge is 2.56. The van der Waals surface area contributed by atoms with Crippen molar-refractivity contribution in [1.29, 1.82) is 0 Å². The SMILES string of the molecule is CCCC(=O)ON1N=C(c2ccc(S(=O)(=O)N(C)C)cc2)C(C)(N(O)C(=O)OC(C)(C)C)C1=O. The quantitative estimate of drug-likeness (QED) is 0.444. The lowest BCUT2D eigenvalue weighted by Crippen LogP contribution is -2.59. The molecule has 0 saturated heterocycles. The average molecular weight is 499 g/mol. The summed E-state index contributed by atoms with van der Waals surface area (Å²) in [4.78, 5) is 42.8. The van der Waals surface area contributed by atoms with Crippen molar-refractivity contribution in [2.75, 3.05) is 14.1 Å². The Morgan fingerprint density at radius 2 is 1.74 bits per heavy atom. The van der Waals surface area contributed by atoms with Crippen LogP contribution in [0, 0.1) is 0 Å². The van der Waals surface area contributed by atoms with Gasteiger partial charge in [-0.2, -0.15) is 5.06 Å². The molecule has 34 heavy (non-hydrogen) atoms. The number of hydrazone groups is 1. The van der Waals surface area contributed by atoms with Crippen molar-refractivity contribution in [2.24, 2.45) is 5.10 Å². The summed E-state index contributed by atoms with van der Waals surface area (Å²) >= 11 is 0. The monoisotopic (exact) mass is 498 g/mol. The third-order valence-electron chi connectivity index (χ3n) is 4.78. The highest BCUT2D eigenvalue weighted by molar-refractivity contribution is 7.89. The van der Waals surface area contributed by atoms with Gasteiger partial charge >= 0.3 is 18.0 Å². The summed E-state index contributed by atoms with van der Waals surface area (Å²) in [6, 6.07) is 5.31. The molecule has 1 heterocycles. The molecule has 188 valence electrons. The van der Waals surface area contributed by atoms with Crippen molar-refractivity contribution in [3.8, 4) is 0 Å². The van der Waals surface area contributed by atoms with Gasteiger partial charge in [0.1, 0.15) is 11.3 Å². The van der Waals surface area contributed by atoms with Gasteiger partial charge in [0.25, 0.3) is 0 Å². The van der Waals surface area contributed by atoms with Crippen LogP contribution in [0.15, 0.2) is 34.3 Å². The molecule has 0 aromatic heterocycles. The minimum atomic E-state index is -3.73. The fourth-order valence-electron chi connectivity index (χ4n) is 2.94. The first-order valence-electron chi connectivity index (χ1n) is 10.4. The molecule has 1 atom stereocenters. The maximum Gasteiger partial charge on any atom is 0.435 e. The summed E-state index contributed by atoms with van der Waals surface area (Å²) in [5.41, 5.74) is -3.09. The highest BCUT2D eigenvalue weighted by Crippen LogP contribution is 2.32. The van der Waals surface area contributed by atoms with Crippen molar-refractivity contribution in [1.82, 2.24) is 14.5 Å². The van der Waals surface area contributed by atoms with E-state index in [1.54, 1.807) is 27.7 Å². The summed E-state index contributed by atoms with van der Waals surface area (Å²) in [5, 5.41) is 15.3. The van der Waals surface area contributed by atoms with Gasteiger partial charge < -0.3 is 9.57 Å². The van der Waals surface area contributed by atoms with Gasteiger partial charge in [0.2, 0.25) is 10.0 Å². The summed E-state index contributed by atoms with van der Waals surface area (Å²) in [5.74, 6) is -1.76. The molecule has 1 N–H and O–H groups in total. The Balaban J connectivity index is 2.55. The molecule has 1 aromatic carbocycles. The summed E-state index contributed by atoms with van der Waals surface area (Å²) < 4.78 is 31.0. The van der Waals surface area contributed by atoms with Crippen LogP contribution in [0.4, 0.5) is 4.79 Å². The molecule has 1 aromatic rings. The summed E-state index contributed by atoms with van der Waals surface area (Å²) in [6.45, 7) is 7.68. The Labute approximate surface area is 198 Å². The molecule has 12 nitrogen and oxygen atoms in total. The molecule has 0 saturated carbocycles. The molecular formula is C21H30N4O8S. The van der Waals surface area contributed by atoms with Crippen LogP contribution in [0.1, 0.15) is 53.0 Å². The third kappa shape index (κ3) is 5.37. The number of hydrogen-bond acceptors (Lipinski definition) is 9. The van der Waals surface area contributed by atoms with Crippen LogP contribution in [-0.2, 0) is 29.2 Å². The first-order chi connectivity index (χ1) is 15.6. The number of carbonyl (C=O) groups is 3. The summed E-state index contributed by atoms with van der Waals surface area (Å²) in [6.07, 6.45) is -0.762. The average Bonchev–Trinajstić information content (AvgIpc) is 2.98. The standard InChI is InChI=1S/C21H30N4O8S/c1-8-9-16(26)33-25-18(27)21(5,24(29)19(28)32-20(2,3)4)17(22-25)14-10-12-15(13-11-14)34(30,31)23(6)7/h10-13,29H,8-9H2,1-7H3. The molecule has 1 aliphatic rings. The van der Waals surface area contributed by atoms with Crippen molar-refractivity contribution in [3.63, 3.8) is 0 Å². The van der Waals surface area contributed by atoms with Crippen LogP contribution in [-0.4, -0.2) is 77.1 Å². The van der Waals surface area contributed by atoms with E-state index in [1.165, 1.54) is 45.3 Å². The van der Waals surface area contributed by atoms with Gasteiger partial charge in [0.15, 0.2) is 5.54 Å². The second kappa shape index (κ2) is 9.68. The molecule has 2 rings (SSSR count). The van der Waals surface area contributed by atoms with Gasteiger partial charge in [0, 0.05) is 26.1 Å². The minimum Gasteiger partial charge on any atom is -0.442 e. The Bertz CT molecular complexity index is 1090. The first-order valence-corrected chi connectivity index (χ1v) is 11.9. The van der Waals surface area contributed by atoms with Gasteiger partial charge in [-0.05, 0) is 51.4 Å². The Morgan fingerprint density at radius 3 is 2.21 bits per heavy atom.